The molecule has 4 nitrogen and oxygen atoms in total. The molecule has 2 aromatic rings. The second-order valence-corrected chi connectivity index (χ2v) is 8.26. The number of halogens is 3. The van der Waals surface area contributed by atoms with Gasteiger partial charge in [0.25, 0.3) is 0 Å². The van der Waals surface area contributed by atoms with E-state index in [1.54, 1.807) is 19.1 Å². The zero-order valence-electron chi connectivity index (χ0n) is 15.1. The highest BCUT2D eigenvalue weighted by Crippen LogP contribution is 2.27. The van der Waals surface area contributed by atoms with Crippen LogP contribution in [0.25, 0.3) is 0 Å². The van der Waals surface area contributed by atoms with E-state index in [0.29, 0.717) is 6.54 Å². The van der Waals surface area contributed by atoms with Gasteiger partial charge in [0.05, 0.1) is 4.90 Å². The molecular formula is C19H23F3N2O2S. The number of benzene rings is 2. The van der Waals surface area contributed by atoms with Gasteiger partial charge in [-0.15, -0.1) is 0 Å². The highest BCUT2D eigenvalue weighted by molar-refractivity contribution is 7.89. The van der Waals surface area contributed by atoms with Crippen LogP contribution in [0.2, 0.25) is 0 Å². The van der Waals surface area contributed by atoms with Gasteiger partial charge in [0.15, 0.2) is 0 Å². The lowest BCUT2D eigenvalue weighted by molar-refractivity contribution is -0.161. The fraction of sp³-hybridized carbons (Fsp3) is 0.368. The molecule has 0 aromatic heterocycles. The molecule has 2 aromatic carbocycles. The molecule has 2 N–H and O–H groups in total. The van der Waals surface area contributed by atoms with Gasteiger partial charge in [0.2, 0.25) is 10.0 Å². The molecule has 8 heteroatoms. The molecule has 0 saturated carbocycles. The molecule has 2 rings (SSSR count). The predicted octanol–water partition coefficient (Wildman–Crippen LogP) is 3.63. The molecule has 1 unspecified atom stereocenters. The molecule has 0 aliphatic rings. The Morgan fingerprint density at radius 2 is 1.59 bits per heavy atom. The average Bonchev–Trinajstić information content (AvgIpc) is 2.60. The lowest BCUT2D eigenvalue weighted by Crippen LogP contribution is -2.51. The van der Waals surface area contributed by atoms with E-state index in [0.717, 1.165) is 11.1 Å². The topological polar surface area (TPSA) is 58.2 Å². The summed E-state index contributed by atoms with van der Waals surface area (Å²) in [6, 6.07) is 12.7. The van der Waals surface area contributed by atoms with Gasteiger partial charge in [-0.1, -0.05) is 55.0 Å². The molecule has 27 heavy (non-hydrogen) atoms. The maximum atomic E-state index is 13.5. The third-order valence-corrected chi connectivity index (χ3v) is 5.63. The van der Waals surface area contributed by atoms with E-state index in [-0.39, 0.29) is 11.4 Å². The minimum absolute atomic E-state index is 0.00941. The van der Waals surface area contributed by atoms with E-state index in [2.05, 4.69) is 5.32 Å². The molecule has 148 valence electrons. The SMILES string of the molecule is Cc1ccc(S(=O)(=O)N[C@@H](C(C)CNCc2ccccc2)C(F)(F)F)cc1. The number of rotatable bonds is 8. The Bertz CT molecular complexity index is 822. The number of alkyl halides is 3. The van der Waals surface area contributed by atoms with Crippen molar-refractivity contribution in [1.29, 1.82) is 0 Å². The van der Waals surface area contributed by atoms with E-state index in [1.807, 2.05) is 35.1 Å². The summed E-state index contributed by atoms with van der Waals surface area (Å²) in [6.07, 6.45) is -4.70. The Labute approximate surface area is 157 Å². The van der Waals surface area contributed by atoms with Crippen LogP contribution in [0.5, 0.6) is 0 Å². The first-order valence-corrected chi connectivity index (χ1v) is 9.98. The molecule has 0 aliphatic heterocycles. The maximum absolute atomic E-state index is 13.5. The summed E-state index contributed by atoms with van der Waals surface area (Å²) in [7, 11) is -4.28. The summed E-state index contributed by atoms with van der Waals surface area (Å²) in [4.78, 5) is -0.188. The van der Waals surface area contributed by atoms with Crippen LogP contribution in [0.4, 0.5) is 13.2 Å². The fourth-order valence-corrected chi connectivity index (χ4v) is 3.95. The van der Waals surface area contributed by atoms with Crippen LogP contribution in [-0.4, -0.2) is 27.2 Å². The van der Waals surface area contributed by atoms with Crippen LogP contribution in [0.3, 0.4) is 0 Å². The van der Waals surface area contributed by atoms with E-state index in [1.165, 1.54) is 19.1 Å². The lowest BCUT2D eigenvalue weighted by atomic mass is 10.0. The Morgan fingerprint density at radius 1 is 1.00 bits per heavy atom. The van der Waals surface area contributed by atoms with Gasteiger partial charge in [-0.05, 0) is 37.1 Å². The van der Waals surface area contributed by atoms with Gasteiger partial charge < -0.3 is 5.32 Å². The van der Waals surface area contributed by atoms with Gasteiger partial charge in [-0.3, -0.25) is 0 Å². The minimum atomic E-state index is -4.70. The zero-order chi connectivity index (χ0) is 20.1. The molecule has 2 atom stereocenters. The summed E-state index contributed by atoms with van der Waals surface area (Å²) < 4.78 is 67.0. The van der Waals surface area contributed by atoms with Crippen molar-refractivity contribution < 1.29 is 21.6 Å². The first kappa shape index (κ1) is 21.4. The predicted molar refractivity (Wildman–Crippen MR) is 98.7 cm³/mol. The van der Waals surface area contributed by atoms with Crippen molar-refractivity contribution in [2.75, 3.05) is 6.54 Å². The standard InChI is InChI=1S/C19H23F3N2O2S/c1-14-8-10-17(11-9-14)27(25,26)24-18(19(20,21)22)15(2)12-23-13-16-6-4-3-5-7-16/h3-11,15,18,23-24H,12-13H2,1-2H3/t15?,18-/m0/s1. The van der Waals surface area contributed by atoms with Crippen LogP contribution in [0.1, 0.15) is 18.1 Å². The van der Waals surface area contributed by atoms with Crippen molar-refractivity contribution in [2.24, 2.45) is 5.92 Å². The molecule has 0 radical (unpaired) electrons. The molecule has 0 spiro atoms. The van der Waals surface area contributed by atoms with Crippen molar-refractivity contribution in [3.05, 3.63) is 65.7 Å². The quantitative estimate of drug-likeness (QED) is 0.712. The number of hydrogen-bond donors (Lipinski definition) is 2. The van der Waals surface area contributed by atoms with E-state index >= 15 is 0 Å². The van der Waals surface area contributed by atoms with Gasteiger partial charge in [-0.25, -0.2) is 8.42 Å². The molecule has 0 fully saturated rings. The number of nitrogens with one attached hydrogen (secondary N) is 2. The van der Waals surface area contributed by atoms with Gasteiger partial charge in [0, 0.05) is 6.54 Å². The molecule has 0 saturated heterocycles. The van der Waals surface area contributed by atoms with Gasteiger partial charge in [-0.2, -0.15) is 17.9 Å². The smallest absolute Gasteiger partial charge is 0.312 e. The summed E-state index contributed by atoms with van der Waals surface area (Å²) >= 11 is 0. The van der Waals surface area contributed by atoms with Crippen LogP contribution >= 0.6 is 0 Å². The van der Waals surface area contributed by atoms with Crippen LogP contribution in [0, 0.1) is 12.8 Å². The van der Waals surface area contributed by atoms with Crippen molar-refractivity contribution in [2.45, 2.75) is 37.5 Å². The van der Waals surface area contributed by atoms with E-state index < -0.39 is 28.2 Å². The fourth-order valence-electron chi connectivity index (χ4n) is 2.62. The first-order valence-electron chi connectivity index (χ1n) is 8.50. The Hall–Kier alpha value is -1.90. The second kappa shape index (κ2) is 8.86. The highest BCUT2D eigenvalue weighted by Gasteiger charge is 2.45. The number of aryl methyl sites for hydroxylation is 1. The van der Waals surface area contributed by atoms with E-state index in [4.69, 9.17) is 0 Å². The summed E-state index contributed by atoms with van der Waals surface area (Å²) in [5, 5.41) is 2.95. The third kappa shape index (κ3) is 6.34. The van der Waals surface area contributed by atoms with Crippen LogP contribution in [-0.2, 0) is 16.6 Å². The largest absolute Gasteiger partial charge is 0.405 e. The Morgan fingerprint density at radius 3 is 2.15 bits per heavy atom. The first-order chi connectivity index (χ1) is 12.6. The minimum Gasteiger partial charge on any atom is -0.312 e. The molecule has 0 amide bonds. The normalized spacial score (nSPS) is 14.7. The Kier molecular flexibility index (Phi) is 7.02. The summed E-state index contributed by atoms with van der Waals surface area (Å²) in [5.74, 6) is -0.992. The monoisotopic (exact) mass is 400 g/mol. The average molecular weight is 400 g/mol. The van der Waals surface area contributed by atoms with Gasteiger partial charge in [0.1, 0.15) is 6.04 Å². The van der Waals surface area contributed by atoms with Crippen molar-refractivity contribution in [1.82, 2.24) is 10.0 Å². The molecule has 0 aliphatic carbocycles. The molecule has 0 bridgehead atoms. The molecular weight excluding hydrogens is 377 g/mol. The number of sulfonamides is 1. The van der Waals surface area contributed by atoms with Gasteiger partial charge >= 0.3 is 6.18 Å². The van der Waals surface area contributed by atoms with E-state index in [9.17, 15) is 21.6 Å². The van der Waals surface area contributed by atoms with Crippen molar-refractivity contribution >= 4 is 10.0 Å². The maximum Gasteiger partial charge on any atom is 0.405 e. The van der Waals surface area contributed by atoms with Crippen molar-refractivity contribution in [3.63, 3.8) is 0 Å². The van der Waals surface area contributed by atoms with Crippen LogP contribution in [0.15, 0.2) is 59.5 Å². The molecule has 0 heterocycles. The van der Waals surface area contributed by atoms with Crippen LogP contribution < -0.4 is 10.0 Å². The third-order valence-electron chi connectivity index (χ3n) is 4.17. The zero-order valence-corrected chi connectivity index (χ0v) is 15.9. The second-order valence-electron chi connectivity index (χ2n) is 6.55. The highest BCUT2D eigenvalue weighted by atomic mass is 32.2. The Balaban J connectivity index is 2.06. The number of hydrogen-bond acceptors (Lipinski definition) is 3. The summed E-state index contributed by atoms with van der Waals surface area (Å²) in [5.41, 5.74) is 1.76. The van der Waals surface area contributed by atoms with Crippen molar-refractivity contribution in [3.8, 4) is 0 Å². The summed E-state index contributed by atoms with van der Waals surface area (Å²) in [6.45, 7) is 3.55. The lowest BCUT2D eigenvalue weighted by Gasteiger charge is -2.27.